The summed E-state index contributed by atoms with van der Waals surface area (Å²) in [5.41, 5.74) is 0. The molecule has 0 aromatic carbocycles. The fourth-order valence-electron chi connectivity index (χ4n) is 1.54. The minimum atomic E-state index is -0.729. The Morgan fingerprint density at radius 3 is 2.17 bits per heavy atom. The zero-order valence-electron chi connectivity index (χ0n) is 7.62. The second-order valence-electron chi connectivity index (χ2n) is 2.83. The van der Waals surface area contributed by atoms with Crippen molar-refractivity contribution in [2.75, 3.05) is 21.3 Å². The Balaban J connectivity index is 2.62. The molecule has 0 saturated heterocycles. The number of esters is 1. The van der Waals surface area contributed by atoms with Crippen LogP contribution in [0, 0.1) is 5.92 Å². The van der Waals surface area contributed by atoms with E-state index in [1.54, 1.807) is 14.2 Å². The van der Waals surface area contributed by atoms with E-state index in [2.05, 4.69) is 4.74 Å². The van der Waals surface area contributed by atoms with E-state index in [1.807, 2.05) is 0 Å². The Hall–Kier alpha value is -0.610. The van der Waals surface area contributed by atoms with E-state index in [-0.39, 0.29) is 11.9 Å². The quantitative estimate of drug-likeness (QED) is 0.463. The first-order chi connectivity index (χ1) is 5.70. The van der Waals surface area contributed by atoms with Crippen molar-refractivity contribution < 1.29 is 19.0 Å². The van der Waals surface area contributed by atoms with Crippen LogP contribution in [0.2, 0.25) is 0 Å². The molecule has 0 radical (unpaired) electrons. The fraction of sp³-hybridized carbons (Fsp3) is 0.875. The van der Waals surface area contributed by atoms with Crippen LogP contribution in [0.25, 0.3) is 0 Å². The van der Waals surface area contributed by atoms with E-state index < -0.39 is 5.79 Å². The Morgan fingerprint density at radius 2 is 1.92 bits per heavy atom. The summed E-state index contributed by atoms with van der Waals surface area (Å²) in [4.78, 5) is 11.1. The van der Waals surface area contributed by atoms with Gasteiger partial charge in [-0.25, -0.2) is 0 Å². The molecular formula is C8H14O4. The van der Waals surface area contributed by atoms with E-state index in [1.165, 1.54) is 7.11 Å². The molecule has 70 valence electrons. The summed E-state index contributed by atoms with van der Waals surface area (Å²) in [6.07, 6.45) is 1.52. The summed E-state index contributed by atoms with van der Waals surface area (Å²) >= 11 is 0. The van der Waals surface area contributed by atoms with E-state index in [0.717, 1.165) is 12.8 Å². The molecule has 12 heavy (non-hydrogen) atoms. The summed E-state index contributed by atoms with van der Waals surface area (Å²) in [5.74, 6) is -1.25. The topological polar surface area (TPSA) is 44.8 Å². The molecule has 1 fully saturated rings. The first-order valence-electron chi connectivity index (χ1n) is 3.88. The SMILES string of the molecule is COC(=O)C1CCC1(OC)OC. The molecule has 0 aromatic heterocycles. The van der Waals surface area contributed by atoms with E-state index >= 15 is 0 Å². The lowest BCUT2D eigenvalue weighted by atomic mass is 9.78. The summed E-state index contributed by atoms with van der Waals surface area (Å²) in [6, 6.07) is 0. The Kier molecular flexibility index (Phi) is 2.69. The highest BCUT2D eigenvalue weighted by atomic mass is 16.7. The van der Waals surface area contributed by atoms with E-state index in [0.29, 0.717) is 0 Å². The van der Waals surface area contributed by atoms with Gasteiger partial charge in [-0.1, -0.05) is 0 Å². The maximum atomic E-state index is 11.1. The monoisotopic (exact) mass is 174 g/mol. The van der Waals surface area contributed by atoms with Gasteiger partial charge < -0.3 is 14.2 Å². The molecule has 0 aliphatic heterocycles. The van der Waals surface area contributed by atoms with Crippen molar-refractivity contribution in [3.63, 3.8) is 0 Å². The van der Waals surface area contributed by atoms with Gasteiger partial charge in [0.2, 0.25) is 0 Å². The van der Waals surface area contributed by atoms with Crippen LogP contribution < -0.4 is 0 Å². The van der Waals surface area contributed by atoms with Crippen LogP contribution >= 0.6 is 0 Å². The van der Waals surface area contributed by atoms with Gasteiger partial charge in [-0.05, 0) is 6.42 Å². The van der Waals surface area contributed by atoms with Gasteiger partial charge in [-0.2, -0.15) is 0 Å². The minimum Gasteiger partial charge on any atom is -0.469 e. The largest absolute Gasteiger partial charge is 0.469 e. The number of methoxy groups -OCH3 is 3. The van der Waals surface area contributed by atoms with Crippen LogP contribution in [-0.4, -0.2) is 33.1 Å². The summed E-state index contributed by atoms with van der Waals surface area (Å²) in [6.45, 7) is 0. The molecule has 1 aliphatic rings. The number of carbonyl (C=O) groups is 1. The lowest BCUT2D eigenvalue weighted by Gasteiger charge is -2.44. The molecule has 0 heterocycles. The molecule has 0 bridgehead atoms. The van der Waals surface area contributed by atoms with Crippen molar-refractivity contribution in [2.24, 2.45) is 5.92 Å². The van der Waals surface area contributed by atoms with Crippen LogP contribution in [0.4, 0.5) is 0 Å². The van der Waals surface area contributed by atoms with Gasteiger partial charge in [0, 0.05) is 20.6 Å². The van der Waals surface area contributed by atoms with Crippen molar-refractivity contribution in [3.05, 3.63) is 0 Å². The highest BCUT2D eigenvalue weighted by molar-refractivity contribution is 5.74. The Bertz CT molecular complexity index is 168. The Labute approximate surface area is 71.8 Å². The molecule has 1 unspecified atom stereocenters. The molecular weight excluding hydrogens is 160 g/mol. The third kappa shape index (κ3) is 1.21. The second-order valence-corrected chi connectivity index (χ2v) is 2.83. The normalized spacial score (nSPS) is 26.1. The van der Waals surface area contributed by atoms with Crippen molar-refractivity contribution in [1.29, 1.82) is 0 Å². The third-order valence-electron chi connectivity index (χ3n) is 2.49. The molecule has 0 N–H and O–H groups in total. The summed E-state index contributed by atoms with van der Waals surface area (Å²) in [5, 5.41) is 0. The van der Waals surface area contributed by atoms with E-state index in [4.69, 9.17) is 9.47 Å². The number of rotatable bonds is 3. The van der Waals surface area contributed by atoms with Crippen molar-refractivity contribution in [2.45, 2.75) is 18.6 Å². The third-order valence-corrected chi connectivity index (χ3v) is 2.49. The first kappa shape index (κ1) is 9.48. The van der Waals surface area contributed by atoms with E-state index in [9.17, 15) is 4.79 Å². The fourth-order valence-corrected chi connectivity index (χ4v) is 1.54. The smallest absolute Gasteiger partial charge is 0.314 e. The van der Waals surface area contributed by atoms with Crippen LogP contribution in [0.1, 0.15) is 12.8 Å². The molecule has 0 spiro atoms. The van der Waals surface area contributed by atoms with Gasteiger partial charge in [0.25, 0.3) is 0 Å². The molecule has 1 aliphatic carbocycles. The first-order valence-corrected chi connectivity index (χ1v) is 3.88. The molecule has 0 amide bonds. The van der Waals surface area contributed by atoms with Crippen LogP contribution in [0.5, 0.6) is 0 Å². The zero-order chi connectivity index (χ0) is 9.19. The van der Waals surface area contributed by atoms with Crippen LogP contribution in [0.15, 0.2) is 0 Å². The van der Waals surface area contributed by atoms with Crippen molar-refractivity contribution in [3.8, 4) is 0 Å². The lowest BCUT2D eigenvalue weighted by Crippen LogP contribution is -2.54. The van der Waals surface area contributed by atoms with Crippen LogP contribution in [0.3, 0.4) is 0 Å². The van der Waals surface area contributed by atoms with Crippen molar-refractivity contribution >= 4 is 5.97 Å². The summed E-state index contributed by atoms with van der Waals surface area (Å²) < 4.78 is 14.9. The van der Waals surface area contributed by atoms with Crippen molar-refractivity contribution in [1.82, 2.24) is 0 Å². The second kappa shape index (κ2) is 3.41. The maximum Gasteiger partial charge on any atom is 0.314 e. The lowest BCUT2D eigenvalue weighted by molar-refractivity contribution is -0.284. The van der Waals surface area contributed by atoms with Gasteiger partial charge >= 0.3 is 5.97 Å². The van der Waals surface area contributed by atoms with Gasteiger partial charge in [-0.3, -0.25) is 4.79 Å². The Morgan fingerprint density at radius 1 is 1.33 bits per heavy atom. The van der Waals surface area contributed by atoms with Gasteiger partial charge in [0.1, 0.15) is 5.92 Å². The van der Waals surface area contributed by atoms with Gasteiger partial charge in [0.15, 0.2) is 5.79 Å². The zero-order valence-corrected chi connectivity index (χ0v) is 7.62. The molecule has 1 atom stereocenters. The predicted molar refractivity (Wildman–Crippen MR) is 41.5 cm³/mol. The average molecular weight is 174 g/mol. The highest BCUT2D eigenvalue weighted by Gasteiger charge is 2.52. The molecule has 0 aromatic rings. The molecule has 4 nitrogen and oxygen atoms in total. The maximum absolute atomic E-state index is 11.1. The summed E-state index contributed by atoms with van der Waals surface area (Å²) in [7, 11) is 4.45. The standard InChI is InChI=1S/C8H14O4/c1-10-7(9)6-4-5-8(6,11-2)12-3/h6H,4-5H2,1-3H3. The number of hydrogen-bond donors (Lipinski definition) is 0. The van der Waals surface area contributed by atoms with Crippen LogP contribution in [-0.2, 0) is 19.0 Å². The highest BCUT2D eigenvalue weighted by Crippen LogP contribution is 2.42. The number of hydrogen-bond acceptors (Lipinski definition) is 4. The molecule has 1 saturated carbocycles. The number of carbonyl (C=O) groups excluding carboxylic acids is 1. The molecule has 1 rings (SSSR count). The average Bonchev–Trinajstić information content (AvgIpc) is 2.05. The van der Waals surface area contributed by atoms with Gasteiger partial charge in [-0.15, -0.1) is 0 Å². The molecule has 4 heteroatoms. The van der Waals surface area contributed by atoms with Gasteiger partial charge in [0.05, 0.1) is 7.11 Å². The predicted octanol–water partition coefficient (Wildman–Crippen LogP) is 0.558. The number of ether oxygens (including phenoxy) is 3. The minimum absolute atomic E-state index is 0.259.